The number of ether oxygens (including phenoxy) is 2. The first kappa shape index (κ1) is 31.4. The summed E-state index contributed by atoms with van der Waals surface area (Å²) in [6, 6.07) is 2.92. The Balaban J connectivity index is 1.13. The number of hydrogen-bond acceptors (Lipinski definition) is 8. The molecule has 0 aromatic heterocycles. The predicted octanol–water partition coefficient (Wildman–Crippen LogP) is 8.57. The summed E-state index contributed by atoms with van der Waals surface area (Å²) in [6.45, 7) is 14.5. The minimum absolute atomic E-state index is 0.151. The molecule has 41 heavy (non-hydrogen) atoms. The average molecular weight is 625 g/mol. The Bertz CT molecular complexity index is 960. The van der Waals surface area contributed by atoms with Gasteiger partial charge in [-0.15, -0.1) is 0 Å². The molecule has 232 valence electrons. The molecular formula is C32H53N2O4PS2. The summed E-state index contributed by atoms with van der Waals surface area (Å²) in [4.78, 5) is 0. The fourth-order valence-corrected chi connectivity index (χ4v) is 14.4. The normalized spacial score (nSPS) is 46.3. The van der Waals surface area contributed by atoms with Crippen molar-refractivity contribution in [2.75, 3.05) is 18.1 Å². The fourth-order valence-electron chi connectivity index (χ4n) is 10.3. The van der Waals surface area contributed by atoms with E-state index in [2.05, 4.69) is 52.3 Å². The number of nitrogens with zero attached hydrogens (tertiary/aromatic N) is 2. The quantitative estimate of drug-likeness (QED) is 0.151. The lowest BCUT2D eigenvalue weighted by Gasteiger charge is -2.61. The van der Waals surface area contributed by atoms with Crippen LogP contribution in [0, 0.1) is 45.8 Å². The minimum Gasteiger partial charge on any atom is -0.342 e. The van der Waals surface area contributed by atoms with E-state index in [1.165, 1.54) is 38.5 Å². The standard InChI is InChI=1S/C32H53N2O4PS2/c1-21(2)34(22(3)4)39(35-17-7-16-33)38-24-10-13-30(5)23(18-24)8-9-25-26(30)11-14-31(6)27(25)12-15-32(31)36-28-19-40-41-20-29(28)37-32/h21-29H,7-15,17-20H2,1-6H3/t23?,24-,25?,26?,27?,28?,29?,30+,31+,32?,39?/m1/s1. The van der Waals surface area contributed by atoms with Crippen LogP contribution in [-0.2, 0) is 18.5 Å². The molecule has 2 heterocycles. The number of hydrogen-bond donors (Lipinski definition) is 0. The Morgan fingerprint density at radius 2 is 1.61 bits per heavy atom. The molecular weight excluding hydrogens is 571 g/mol. The molecule has 1 spiro atoms. The summed E-state index contributed by atoms with van der Waals surface area (Å²) in [6.07, 6.45) is 12.4. The smallest absolute Gasteiger partial charge is 0.259 e. The van der Waals surface area contributed by atoms with Gasteiger partial charge in [-0.05, 0) is 108 Å². The summed E-state index contributed by atoms with van der Waals surface area (Å²) >= 11 is 0. The van der Waals surface area contributed by atoms with Crippen LogP contribution in [0.4, 0.5) is 0 Å². The third-order valence-corrected chi connectivity index (χ3v) is 16.8. The third-order valence-electron chi connectivity index (χ3n) is 12.2. The van der Waals surface area contributed by atoms with Crippen molar-refractivity contribution >= 4 is 30.1 Å². The van der Waals surface area contributed by atoms with Crippen molar-refractivity contribution in [3.63, 3.8) is 0 Å². The molecule has 2 aliphatic heterocycles. The largest absolute Gasteiger partial charge is 0.342 e. The van der Waals surface area contributed by atoms with Gasteiger partial charge in [-0.1, -0.05) is 35.4 Å². The lowest BCUT2D eigenvalue weighted by Crippen LogP contribution is -2.57. The Morgan fingerprint density at radius 1 is 0.927 bits per heavy atom. The maximum absolute atomic E-state index is 9.10. The molecule has 4 aliphatic carbocycles. The van der Waals surface area contributed by atoms with E-state index in [-0.39, 0.29) is 29.5 Å². The van der Waals surface area contributed by atoms with Gasteiger partial charge in [-0.2, -0.15) is 5.26 Å². The van der Waals surface area contributed by atoms with E-state index in [9.17, 15) is 0 Å². The second kappa shape index (κ2) is 12.3. The van der Waals surface area contributed by atoms with Crippen LogP contribution in [-0.4, -0.2) is 59.0 Å². The first-order valence-corrected chi connectivity index (χ1v) is 20.1. The van der Waals surface area contributed by atoms with Crippen LogP contribution in [0.5, 0.6) is 0 Å². The molecule has 6 nitrogen and oxygen atoms in total. The molecule has 10 atom stereocenters. The molecule has 9 heteroatoms. The van der Waals surface area contributed by atoms with Crippen LogP contribution in [0.25, 0.3) is 0 Å². The highest BCUT2D eigenvalue weighted by atomic mass is 33.1. The summed E-state index contributed by atoms with van der Waals surface area (Å²) in [7, 11) is 2.75. The van der Waals surface area contributed by atoms with Crippen molar-refractivity contribution in [1.29, 1.82) is 5.26 Å². The van der Waals surface area contributed by atoms with E-state index in [1.54, 1.807) is 0 Å². The molecule has 0 aromatic rings. The van der Waals surface area contributed by atoms with Crippen LogP contribution in [0.2, 0.25) is 0 Å². The summed E-state index contributed by atoms with van der Waals surface area (Å²) in [5.41, 5.74) is 0.552. The van der Waals surface area contributed by atoms with Gasteiger partial charge in [0, 0.05) is 35.4 Å². The molecule has 6 fully saturated rings. The van der Waals surface area contributed by atoms with Crippen molar-refractivity contribution in [1.82, 2.24) is 4.67 Å². The van der Waals surface area contributed by atoms with Crippen molar-refractivity contribution in [2.24, 2.45) is 34.5 Å². The van der Waals surface area contributed by atoms with Crippen molar-refractivity contribution in [3.05, 3.63) is 0 Å². The molecule has 0 bridgehead atoms. The molecule has 0 amide bonds. The summed E-state index contributed by atoms with van der Waals surface area (Å²) < 4.78 is 29.4. The Kier molecular flexibility index (Phi) is 9.43. The zero-order chi connectivity index (χ0) is 29.0. The van der Waals surface area contributed by atoms with Crippen LogP contribution in [0.3, 0.4) is 0 Å². The maximum atomic E-state index is 9.10. The van der Waals surface area contributed by atoms with Crippen molar-refractivity contribution in [2.45, 2.75) is 142 Å². The van der Waals surface area contributed by atoms with Gasteiger partial charge >= 0.3 is 0 Å². The van der Waals surface area contributed by atoms with Crippen LogP contribution < -0.4 is 0 Å². The molecule has 0 radical (unpaired) electrons. The number of rotatable bonds is 8. The maximum Gasteiger partial charge on any atom is 0.259 e. The zero-order valence-corrected chi connectivity index (χ0v) is 28.7. The second-order valence-electron chi connectivity index (χ2n) is 14.8. The van der Waals surface area contributed by atoms with Crippen LogP contribution >= 0.6 is 30.1 Å². The van der Waals surface area contributed by atoms with Gasteiger partial charge in [-0.3, -0.25) is 0 Å². The van der Waals surface area contributed by atoms with E-state index in [0.29, 0.717) is 30.5 Å². The molecule has 4 saturated carbocycles. The highest BCUT2D eigenvalue weighted by Crippen LogP contribution is 2.70. The molecule has 7 unspecified atom stereocenters. The van der Waals surface area contributed by atoms with Gasteiger partial charge in [-0.25, -0.2) is 4.67 Å². The van der Waals surface area contributed by atoms with E-state index >= 15 is 0 Å². The van der Waals surface area contributed by atoms with Crippen LogP contribution in [0.15, 0.2) is 0 Å². The topological polar surface area (TPSA) is 64.0 Å². The van der Waals surface area contributed by atoms with E-state index in [1.807, 2.05) is 21.6 Å². The highest BCUT2D eigenvalue weighted by molar-refractivity contribution is 8.76. The molecule has 0 aromatic carbocycles. The zero-order valence-electron chi connectivity index (χ0n) is 26.2. The minimum atomic E-state index is -1.17. The Labute approximate surface area is 258 Å². The van der Waals surface area contributed by atoms with Gasteiger partial charge in [0.25, 0.3) is 8.53 Å². The lowest BCUT2D eigenvalue weighted by molar-refractivity contribution is -0.257. The predicted molar refractivity (Wildman–Crippen MR) is 169 cm³/mol. The molecule has 6 aliphatic rings. The fraction of sp³-hybridized carbons (Fsp3) is 0.969. The first-order chi connectivity index (χ1) is 19.6. The highest BCUT2D eigenvalue weighted by Gasteiger charge is 2.69. The van der Waals surface area contributed by atoms with Crippen LogP contribution in [0.1, 0.15) is 106 Å². The van der Waals surface area contributed by atoms with Gasteiger partial charge in [0.2, 0.25) is 0 Å². The molecule has 0 N–H and O–H groups in total. The SMILES string of the molecule is CC(C)N(C(C)C)P(OCCC#N)O[C@@H]1CC[C@@]2(C)C(CCC3C2CC[C@@]2(C)C3CCC23OC2CSSCC2O3)C1. The van der Waals surface area contributed by atoms with E-state index < -0.39 is 8.53 Å². The average Bonchev–Trinajstić information content (AvgIpc) is 3.45. The van der Waals surface area contributed by atoms with Gasteiger partial charge < -0.3 is 18.5 Å². The molecule has 6 rings (SSSR count). The Hall–Kier alpha value is 0.420. The van der Waals surface area contributed by atoms with E-state index in [0.717, 1.165) is 54.4 Å². The third kappa shape index (κ3) is 5.47. The van der Waals surface area contributed by atoms with Gasteiger partial charge in [0.1, 0.15) is 0 Å². The summed E-state index contributed by atoms with van der Waals surface area (Å²) in [5.74, 6) is 4.86. The monoisotopic (exact) mass is 624 g/mol. The molecule has 2 saturated heterocycles. The van der Waals surface area contributed by atoms with Crippen molar-refractivity contribution < 1.29 is 18.5 Å². The Morgan fingerprint density at radius 3 is 2.27 bits per heavy atom. The van der Waals surface area contributed by atoms with Gasteiger partial charge in [0.05, 0.1) is 37.4 Å². The van der Waals surface area contributed by atoms with E-state index in [4.69, 9.17) is 23.8 Å². The van der Waals surface area contributed by atoms with Gasteiger partial charge in [0.15, 0.2) is 5.79 Å². The number of nitriles is 1. The number of fused-ring (bicyclic) bond motifs is 7. The first-order valence-electron chi connectivity index (χ1n) is 16.5. The van der Waals surface area contributed by atoms with Crippen molar-refractivity contribution in [3.8, 4) is 6.07 Å². The second-order valence-corrected chi connectivity index (χ2v) is 18.8. The lowest BCUT2D eigenvalue weighted by atomic mass is 9.45. The summed E-state index contributed by atoms with van der Waals surface area (Å²) in [5, 5.41) is 9.10.